The Bertz CT molecular complexity index is 549. The SMILES string of the molecule is Cc1c(Cl)cc(S(=O)(=O)NCC2CCCN2)cc1Cl.Cl. The maximum Gasteiger partial charge on any atom is 0.240 e. The molecule has 1 aromatic carbocycles. The molecule has 0 radical (unpaired) electrons. The number of sulfonamides is 1. The molecular weight excluding hydrogens is 343 g/mol. The second-order valence-electron chi connectivity index (χ2n) is 4.66. The van der Waals surface area contributed by atoms with Crippen molar-refractivity contribution in [1.82, 2.24) is 10.0 Å². The lowest BCUT2D eigenvalue weighted by atomic mass is 10.2. The quantitative estimate of drug-likeness (QED) is 0.869. The molecule has 20 heavy (non-hydrogen) atoms. The minimum Gasteiger partial charge on any atom is -0.313 e. The summed E-state index contributed by atoms with van der Waals surface area (Å²) in [6.45, 7) is 3.07. The lowest BCUT2D eigenvalue weighted by molar-refractivity contribution is 0.552. The zero-order chi connectivity index (χ0) is 14.0. The molecule has 0 saturated carbocycles. The Hall–Kier alpha value is -0.0400. The summed E-state index contributed by atoms with van der Waals surface area (Å²) in [7, 11) is -3.57. The van der Waals surface area contributed by atoms with Gasteiger partial charge in [0.25, 0.3) is 0 Å². The highest BCUT2D eigenvalue weighted by Gasteiger charge is 2.20. The van der Waals surface area contributed by atoms with Gasteiger partial charge in [-0.25, -0.2) is 13.1 Å². The Morgan fingerprint density at radius 2 is 1.95 bits per heavy atom. The molecule has 8 heteroatoms. The first-order chi connectivity index (χ1) is 8.90. The zero-order valence-electron chi connectivity index (χ0n) is 10.9. The average molecular weight is 360 g/mol. The molecule has 1 fully saturated rings. The minimum absolute atomic E-state index is 0. The molecule has 0 spiro atoms. The van der Waals surface area contributed by atoms with Crippen molar-refractivity contribution in [1.29, 1.82) is 0 Å². The summed E-state index contributed by atoms with van der Waals surface area (Å²) < 4.78 is 26.9. The van der Waals surface area contributed by atoms with E-state index in [1.165, 1.54) is 12.1 Å². The van der Waals surface area contributed by atoms with E-state index in [0.717, 1.165) is 19.4 Å². The van der Waals surface area contributed by atoms with Crippen LogP contribution in [0.5, 0.6) is 0 Å². The van der Waals surface area contributed by atoms with Gasteiger partial charge in [-0.1, -0.05) is 23.2 Å². The number of hydrogen-bond donors (Lipinski definition) is 2. The fraction of sp³-hybridized carbons (Fsp3) is 0.500. The zero-order valence-corrected chi connectivity index (χ0v) is 14.1. The third-order valence-electron chi connectivity index (χ3n) is 3.25. The first-order valence-corrected chi connectivity index (χ1v) is 8.33. The summed E-state index contributed by atoms with van der Waals surface area (Å²) in [5.74, 6) is 0. The third-order valence-corrected chi connectivity index (χ3v) is 5.44. The lowest BCUT2D eigenvalue weighted by Crippen LogP contribution is -2.37. The Morgan fingerprint density at radius 3 is 2.45 bits per heavy atom. The van der Waals surface area contributed by atoms with E-state index in [1.807, 2.05) is 0 Å². The van der Waals surface area contributed by atoms with Crippen molar-refractivity contribution in [3.63, 3.8) is 0 Å². The second kappa shape index (κ2) is 7.29. The number of benzene rings is 1. The second-order valence-corrected chi connectivity index (χ2v) is 7.24. The first kappa shape index (κ1) is 18.0. The Kier molecular flexibility index (Phi) is 6.57. The van der Waals surface area contributed by atoms with Crippen molar-refractivity contribution in [3.05, 3.63) is 27.7 Å². The molecule has 1 heterocycles. The van der Waals surface area contributed by atoms with Crippen LogP contribution in [0.15, 0.2) is 17.0 Å². The van der Waals surface area contributed by atoms with Crippen LogP contribution in [-0.2, 0) is 10.0 Å². The van der Waals surface area contributed by atoms with E-state index < -0.39 is 10.0 Å². The van der Waals surface area contributed by atoms with E-state index in [1.54, 1.807) is 6.92 Å². The normalized spacial score (nSPS) is 18.9. The van der Waals surface area contributed by atoms with Crippen LogP contribution in [-0.4, -0.2) is 27.5 Å². The number of rotatable bonds is 4. The van der Waals surface area contributed by atoms with Crippen LogP contribution < -0.4 is 10.0 Å². The number of nitrogens with one attached hydrogen (secondary N) is 2. The molecular formula is C12H17Cl3N2O2S. The summed E-state index contributed by atoms with van der Waals surface area (Å²) >= 11 is 11.9. The van der Waals surface area contributed by atoms with Gasteiger partial charge < -0.3 is 5.32 Å². The number of halogens is 3. The van der Waals surface area contributed by atoms with Crippen LogP contribution in [0.4, 0.5) is 0 Å². The van der Waals surface area contributed by atoms with Crippen molar-refractivity contribution >= 4 is 45.6 Å². The van der Waals surface area contributed by atoms with E-state index in [2.05, 4.69) is 10.0 Å². The van der Waals surface area contributed by atoms with E-state index in [9.17, 15) is 8.42 Å². The smallest absolute Gasteiger partial charge is 0.240 e. The summed E-state index contributed by atoms with van der Waals surface area (Å²) in [6.07, 6.45) is 2.06. The summed E-state index contributed by atoms with van der Waals surface area (Å²) in [6, 6.07) is 3.05. The van der Waals surface area contributed by atoms with Gasteiger partial charge in [-0.05, 0) is 44.0 Å². The van der Waals surface area contributed by atoms with Crippen LogP contribution in [0.2, 0.25) is 10.0 Å². The van der Waals surface area contributed by atoms with Crippen LogP contribution >= 0.6 is 35.6 Å². The third kappa shape index (κ3) is 4.23. The Morgan fingerprint density at radius 1 is 1.35 bits per heavy atom. The van der Waals surface area contributed by atoms with E-state index in [0.29, 0.717) is 22.2 Å². The molecule has 4 nitrogen and oxygen atoms in total. The fourth-order valence-corrected chi connectivity index (χ4v) is 3.75. The van der Waals surface area contributed by atoms with E-state index in [-0.39, 0.29) is 23.3 Å². The van der Waals surface area contributed by atoms with Crippen LogP contribution in [0.1, 0.15) is 18.4 Å². The molecule has 1 aliphatic heterocycles. The molecule has 1 aliphatic rings. The van der Waals surface area contributed by atoms with Crippen molar-refractivity contribution in [2.75, 3.05) is 13.1 Å². The number of hydrogen-bond acceptors (Lipinski definition) is 3. The van der Waals surface area contributed by atoms with Crippen LogP contribution in [0, 0.1) is 6.92 Å². The average Bonchev–Trinajstić information content (AvgIpc) is 2.86. The van der Waals surface area contributed by atoms with Crippen molar-refractivity contribution < 1.29 is 8.42 Å². The molecule has 2 rings (SSSR count). The molecule has 114 valence electrons. The highest BCUT2D eigenvalue weighted by atomic mass is 35.5. The van der Waals surface area contributed by atoms with Gasteiger partial charge >= 0.3 is 0 Å². The fourth-order valence-electron chi connectivity index (χ4n) is 2.00. The van der Waals surface area contributed by atoms with Gasteiger partial charge in [-0.15, -0.1) is 12.4 Å². The van der Waals surface area contributed by atoms with Crippen molar-refractivity contribution in [2.45, 2.75) is 30.7 Å². The molecule has 0 amide bonds. The maximum atomic E-state index is 12.1. The first-order valence-electron chi connectivity index (χ1n) is 6.09. The molecule has 0 aliphatic carbocycles. The van der Waals surface area contributed by atoms with Crippen LogP contribution in [0.25, 0.3) is 0 Å². The van der Waals surface area contributed by atoms with Gasteiger partial charge in [0.1, 0.15) is 0 Å². The molecule has 1 saturated heterocycles. The largest absolute Gasteiger partial charge is 0.313 e. The van der Waals surface area contributed by atoms with Gasteiger partial charge in [0.2, 0.25) is 10.0 Å². The van der Waals surface area contributed by atoms with Gasteiger partial charge in [0.15, 0.2) is 0 Å². The maximum absolute atomic E-state index is 12.1. The molecule has 1 aromatic rings. The Labute approximate surface area is 135 Å². The monoisotopic (exact) mass is 358 g/mol. The van der Waals surface area contributed by atoms with Crippen LogP contribution in [0.3, 0.4) is 0 Å². The summed E-state index contributed by atoms with van der Waals surface area (Å²) in [5.41, 5.74) is 0.680. The lowest BCUT2D eigenvalue weighted by Gasteiger charge is -2.13. The molecule has 1 unspecified atom stereocenters. The standard InChI is InChI=1S/C12H16Cl2N2O2S.ClH/c1-8-11(13)5-10(6-12(8)14)19(17,18)16-7-9-3-2-4-15-9;/h5-6,9,15-16H,2-4,7H2,1H3;1H. The predicted molar refractivity (Wildman–Crippen MR) is 84.7 cm³/mol. The van der Waals surface area contributed by atoms with Crippen molar-refractivity contribution in [3.8, 4) is 0 Å². The van der Waals surface area contributed by atoms with Gasteiger partial charge in [0.05, 0.1) is 4.90 Å². The molecule has 2 N–H and O–H groups in total. The minimum atomic E-state index is -3.57. The molecule has 0 bridgehead atoms. The topological polar surface area (TPSA) is 58.2 Å². The van der Waals surface area contributed by atoms with Gasteiger partial charge in [-0.2, -0.15) is 0 Å². The van der Waals surface area contributed by atoms with Gasteiger partial charge in [-0.3, -0.25) is 0 Å². The summed E-state index contributed by atoms with van der Waals surface area (Å²) in [4.78, 5) is 0.103. The van der Waals surface area contributed by atoms with E-state index >= 15 is 0 Å². The highest BCUT2D eigenvalue weighted by molar-refractivity contribution is 7.89. The van der Waals surface area contributed by atoms with E-state index in [4.69, 9.17) is 23.2 Å². The molecule has 0 aromatic heterocycles. The van der Waals surface area contributed by atoms with Crippen molar-refractivity contribution in [2.24, 2.45) is 0 Å². The van der Waals surface area contributed by atoms with Gasteiger partial charge in [0, 0.05) is 22.6 Å². The molecule has 1 atom stereocenters. The Balaban J connectivity index is 0.00000200. The summed E-state index contributed by atoms with van der Waals surface area (Å²) in [5, 5.41) is 3.94. The predicted octanol–water partition coefficient (Wildman–Crippen LogP) is 2.75. The highest BCUT2D eigenvalue weighted by Crippen LogP contribution is 2.27.